The lowest BCUT2D eigenvalue weighted by molar-refractivity contribution is -0.139. The zero-order valence-electron chi connectivity index (χ0n) is 25.1. The molecule has 3 heterocycles. The number of hydrogen-bond donors (Lipinski definition) is 2. The number of amides is 2. The Morgan fingerprint density at radius 1 is 1.16 bits per heavy atom. The van der Waals surface area contributed by atoms with Gasteiger partial charge in [0.2, 0.25) is 11.8 Å². The number of rotatable bonds is 7. The molecule has 45 heavy (non-hydrogen) atoms. The second-order valence-electron chi connectivity index (χ2n) is 11.4. The maximum absolute atomic E-state index is 15.2. The highest BCUT2D eigenvalue weighted by Crippen LogP contribution is 2.44. The van der Waals surface area contributed by atoms with Crippen molar-refractivity contribution in [3.05, 3.63) is 64.6 Å². The highest BCUT2D eigenvalue weighted by atomic mass is 19.4. The zero-order chi connectivity index (χ0) is 32.8. The Morgan fingerprint density at radius 3 is 2.56 bits per heavy atom. The van der Waals surface area contributed by atoms with E-state index in [1.54, 1.807) is 45.0 Å². The van der Waals surface area contributed by atoms with Crippen LogP contribution in [0.25, 0.3) is 0 Å². The van der Waals surface area contributed by atoms with Crippen LogP contribution < -0.4 is 20.1 Å². The van der Waals surface area contributed by atoms with Crippen molar-refractivity contribution in [1.82, 2.24) is 25.1 Å². The molecule has 2 atom stereocenters. The third kappa shape index (κ3) is 6.08. The van der Waals surface area contributed by atoms with Crippen LogP contribution in [0.15, 0.2) is 36.5 Å². The molecule has 2 aliphatic heterocycles. The molecule has 3 aromatic rings. The van der Waals surface area contributed by atoms with Gasteiger partial charge < -0.3 is 29.9 Å². The lowest BCUT2D eigenvalue weighted by atomic mass is 9.94. The Bertz CT molecular complexity index is 1650. The molecule has 1 fully saturated rings. The van der Waals surface area contributed by atoms with Crippen molar-refractivity contribution in [3.63, 3.8) is 0 Å². The van der Waals surface area contributed by atoms with Crippen LogP contribution in [0.1, 0.15) is 52.1 Å². The number of aromatic nitrogens is 2. The van der Waals surface area contributed by atoms with Gasteiger partial charge in [-0.3, -0.25) is 9.59 Å². The number of methoxy groups -OCH3 is 1. The molecule has 2 N–H and O–H groups in total. The molecular weight excluding hydrogens is 603 g/mol. The predicted molar refractivity (Wildman–Crippen MR) is 153 cm³/mol. The number of hydrogen-bond acceptors (Lipinski definition) is 8. The number of likely N-dealkylation sites (tertiary alicyclic amines) is 1. The van der Waals surface area contributed by atoms with Crippen LogP contribution >= 0.6 is 0 Å². The predicted octanol–water partition coefficient (Wildman–Crippen LogP) is 5.27. The number of fused-ring (bicyclic) bond motifs is 1. The van der Waals surface area contributed by atoms with E-state index in [1.165, 1.54) is 18.1 Å². The summed E-state index contributed by atoms with van der Waals surface area (Å²) in [4.78, 5) is 36.7. The van der Waals surface area contributed by atoms with Gasteiger partial charge in [0.1, 0.15) is 29.1 Å². The van der Waals surface area contributed by atoms with Gasteiger partial charge in [-0.05, 0) is 45.0 Å². The van der Waals surface area contributed by atoms with E-state index in [9.17, 15) is 27.2 Å². The van der Waals surface area contributed by atoms with E-state index in [1.807, 2.05) is 0 Å². The molecule has 2 amide bonds. The number of anilines is 2. The molecule has 2 aliphatic rings. The van der Waals surface area contributed by atoms with Gasteiger partial charge in [0.25, 0.3) is 11.8 Å². The number of halogens is 5. The topological polar surface area (TPSA) is 109 Å². The van der Waals surface area contributed by atoms with Crippen LogP contribution in [-0.4, -0.2) is 78.1 Å². The van der Waals surface area contributed by atoms with Crippen LogP contribution in [0.2, 0.25) is 0 Å². The van der Waals surface area contributed by atoms with Crippen molar-refractivity contribution in [3.8, 4) is 17.4 Å². The fourth-order valence-corrected chi connectivity index (χ4v) is 5.33. The van der Waals surface area contributed by atoms with E-state index >= 15 is 4.39 Å². The van der Waals surface area contributed by atoms with Crippen LogP contribution in [0.3, 0.4) is 0 Å². The molecule has 0 radical (unpaired) electrons. The molecule has 0 spiro atoms. The summed E-state index contributed by atoms with van der Waals surface area (Å²) in [5.74, 6) is -3.82. The van der Waals surface area contributed by atoms with Gasteiger partial charge in [-0.1, -0.05) is 12.1 Å². The largest absolute Gasteiger partial charge is 0.495 e. The first kappa shape index (κ1) is 31.9. The van der Waals surface area contributed by atoms with Crippen molar-refractivity contribution in [1.29, 1.82) is 0 Å². The monoisotopic (exact) mass is 634 g/mol. The quantitative estimate of drug-likeness (QED) is 0.339. The molecule has 1 saturated heterocycles. The molecule has 2 aromatic carbocycles. The van der Waals surface area contributed by atoms with Gasteiger partial charge in [-0.25, -0.2) is 13.8 Å². The zero-order valence-corrected chi connectivity index (χ0v) is 25.1. The Labute approximate surface area is 255 Å². The van der Waals surface area contributed by atoms with Crippen molar-refractivity contribution >= 4 is 23.5 Å². The van der Waals surface area contributed by atoms with E-state index in [-0.39, 0.29) is 29.3 Å². The van der Waals surface area contributed by atoms with E-state index in [0.717, 1.165) is 12.1 Å². The summed E-state index contributed by atoms with van der Waals surface area (Å²) in [5.41, 5.74) is -1.91. The number of alkyl halides is 4. The summed E-state index contributed by atoms with van der Waals surface area (Å²) in [7, 11) is 4.57. The van der Waals surface area contributed by atoms with Crippen LogP contribution in [0.5, 0.6) is 17.4 Å². The molecule has 0 unspecified atom stereocenters. The van der Waals surface area contributed by atoms with Gasteiger partial charge in [-0.2, -0.15) is 18.2 Å². The second kappa shape index (κ2) is 11.8. The first-order valence-corrected chi connectivity index (χ1v) is 13.9. The number of benzene rings is 2. The summed E-state index contributed by atoms with van der Waals surface area (Å²) in [5, 5.41) is 5.12. The van der Waals surface area contributed by atoms with E-state index < -0.39 is 64.5 Å². The first-order valence-electron chi connectivity index (χ1n) is 13.9. The van der Waals surface area contributed by atoms with Crippen molar-refractivity contribution in [2.45, 2.75) is 44.2 Å². The van der Waals surface area contributed by atoms with Crippen molar-refractivity contribution in [2.75, 3.05) is 39.6 Å². The molecule has 0 aliphatic carbocycles. The molecule has 240 valence electrons. The molecule has 0 saturated carbocycles. The van der Waals surface area contributed by atoms with E-state index in [4.69, 9.17) is 9.47 Å². The van der Waals surface area contributed by atoms with Gasteiger partial charge in [0, 0.05) is 32.4 Å². The number of carbonyl (C=O) groups is 2. The normalized spacial score (nSPS) is 19.7. The highest BCUT2D eigenvalue weighted by Gasteiger charge is 2.43. The van der Waals surface area contributed by atoms with E-state index in [0.29, 0.717) is 24.7 Å². The Hall–Kier alpha value is -4.53. The first-order chi connectivity index (χ1) is 21.1. The fourth-order valence-electron chi connectivity index (χ4n) is 5.33. The average Bonchev–Trinajstić information content (AvgIpc) is 3.14. The van der Waals surface area contributed by atoms with Gasteiger partial charge in [0.15, 0.2) is 0 Å². The fraction of sp³-hybridized carbons (Fsp3) is 0.400. The second-order valence-corrected chi connectivity index (χ2v) is 11.4. The summed E-state index contributed by atoms with van der Waals surface area (Å²) in [6.45, 7) is 4.26. The maximum Gasteiger partial charge on any atom is 0.423 e. The average molecular weight is 635 g/mol. The minimum atomic E-state index is -4.92. The van der Waals surface area contributed by atoms with Crippen molar-refractivity contribution in [2.24, 2.45) is 0 Å². The van der Waals surface area contributed by atoms with Gasteiger partial charge >= 0.3 is 6.18 Å². The Balaban J connectivity index is 1.45. The SMILES string of the molecule is COc1cc(C(=O)N[C@H]2CCN(C)C[C@H]2F)c(F)cc1Nc1ncc(C(F)(F)F)c(Oc2cccc3c2C(=O)N(C)C3(C)C)n1. The lowest BCUT2D eigenvalue weighted by Gasteiger charge is -2.32. The minimum absolute atomic E-state index is 0.0653. The molecule has 10 nitrogen and oxygen atoms in total. The summed E-state index contributed by atoms with van der Waals surface area (Å²) >= 11 is 0. The lowest BCUT2D eigenvalue weighted by Crippen LogP contribution is -2.51. The Kier molecular flexibility index (Phi) is 8.33. The molecule has 1 aromatic heterocycles. The summed E-state index contributed by atoms with van der Waals surface area (Å²) in [6.07, 6.45) is -5.43. The minimum Gasteiger partial charge on any atom is -0.495 e. The molecule has 0 bridgehead atoms. The number of piperidine rings is 1. The van der Waals surface area contributed by atoms with Crippen LogP contribution in [0, 0.1) is 5.82 Å². The maximum atomic E-state index is 15.2. The Morgan fingerprint density at radius 2 is 1.89 bits per heavy atom. The van der Waals surface area contributed by atoms with Crippen LogP contribution in [-0.2, 0) is 11.7 Å². The van der Waals surface area contributed by atoms with Crippen molar-refractivity contribution < 1.29 is 41.0 Å². The summed E-state index contributed by atoms with van der Waals surface area (Å²) in [6, 6.07) is 5.77. The molecule has 5 rings (SSSR count). The standard InChI is InChI=1S/C30H31F5N6O4/c1-29(2)16-7-6-8-22(24(16)27(43)41(29)4)45-26-17(30(33,34)35)13-36-28(39-26)38-21-12-18(31)15(11-23(21)44-5)25(42)37-20-9-10-40(3)14-19(20)32/h6-8,11-13,19-20H,9-10,14H2,1-5H3,(H,37,42)(H,36,38,39)/t19-,20+/m1/s1. The number of ether oxygens (including phenoxy) is 2. The third-order valence-corrected chi connectivity index (χ3v) is 8.15. The number of nitrogens with one attached hydrogen (secondary N) is 2. The molecular formula is C30H31F5N6O4. The highest BCUT2D eigenvalue weighted by molar-refractivity contribution is 6.02. The number of carbonyl (C=O) groups excluding carboxylic acids is 2. The molecule has 15 heteroatoms. The summed E-state index contributed by atoms with van der Waals surface area (Å²) < 4.78 is 82.4. The van der Waals surface area contributed by atoms with Crippen LogP contribution in [0.4, 0.5) is 33.6 Å². The smallest absolute Gasteiger partial charge is 0.423 e. The third-order valence-electron chi connectivity index (χ3n) is 8.15. The number of nitrogens with zero attached hydrogens (tertiary/aromatic N) is 4. The van der Waals surface area contributed by atoms with Gasteiger partial charge in [0.05, 0.1) is 35.5 Å². The van der Waals surface area contributed by atoms with Gasteiger partial charge in [-0.15, -0.1) is 0 Å². The van der Waals surface area contributed by atoms with E-state index in [2.05, 4.69) is 20.6 Å².